The summed E-state index contributed by atoms with van der Waals surface area (Å²) in [7, 11) is -3.46. The summed E-state index contributed by atoms with van der Waals surface area (Å²) >= 11 is 0. The smallest absolute Gasteiger partial charge is 0.279 e. The number of para-hydroxylation sites is 1. The Morgan fingerprint density at radius 3 is 2.42 bits per heavy atom. The van der Waals surface area contributed by atoms with Crippen LogP contribution in [0.4, 0.5) is 5.69 Å². The number of aryl methyl sites for hydroxylation is 1. The van der Waals surface area contributed by atoms with E-state index in [0.717, 1.165) is 27.3 Å². The standard InChI is InChI=1S/C24H31N3O3S/c1-19(2)22-11-7-8-20(3)24(22)25-23(28)18-26-13-15-27(16-14-26)31(29,30)17-12-21-9-5-4-6-10-21/h4-12,17,19H,13-16,18H2,1-3H3,(H,25,28)/p+1/b17-12+. The Hall–Kier alpha value is -2.48. The van der Waals surface area contributed by atoms with Crippen LogP contribution in [-0.4, -0.2) is 51.4 Å². The molecular formula is C24H32N3O3S+. The molecule has 0 spiro atoms. The first-order chi connectivity index (χ1) is 14.8. The second-order valence-corrected chi connectivity index (χ2v) is 10.1. The molecular weight excluding hydrogens is 410 g/mol. The zero-order valence-corrected chi connectivity index (χ0v) is 19.3. The minimum Gasteiger partial charge on any atom is -0.325 e. The Kier molecular flexibility index (Phi) is 7.64. The number of quaternary nitrogens is 1. The van der Waals surface area contributed by atoms with Crippen LogP contribution in [0.15, 0.2) is 53.9 Å². The monoisotopic (exact) mass is 442 g/mol. The summed E-state index contributed by atoms with van der Waals surface area (Å²) in [6.45, 7) is 8.59. The Bertz CT molecular complexity index is 1030. The molecule has 0 bridgehead atoms. The lowest BCUT2D eigenvalue weighted by Gasteiger charge is -2.30. The largest absolute Gasteiger partial charge is 0.325 e. The van der Waals surface area contributed by atoms with Gasteiger partial charge in [0.15, 0.2) is 6.54 Å². The number of carbonyl (C=O) groups excluding carboxylic acids is 1. The first kappa shape index (κ1) is 23.2. The SMILES string of the molecule is Cc1cccc(C(C)C)c1NC(=O)C[NH+]1CCN(S(=O)(=O)/C=C/c2ccccc2)CC1. The summed E-state index contributed by atoms with van der Waals surface area (Å²) in [6.07, 6.45) is 1.62. The Morgan fingerprint density at radius 2 is 1.77 bits per heavy atom. The third kappa shape index (κ3) is 6.26. The molecule has 0 saturated carbocycles. The lowest BCUT2D eigenvalue weighted by Crippen LogP contribution is -3.15. The zero-order chi connectivity index (χ0) is 22.4. The quantitative estimate of drug-likeness (QED) is 0.691. The van der Waals surface area contributed by atoms with Crippen molar-refractivity contribution in [3.63, 3.8) is 0 Å². The van der Waals surface area contributed by atoms with E-state index >= 15 is 0 Å². The molecule has 2 aromatic carbocycles. The molecule has 0 radical (unpaired) electrons. The highest BCUT2D eigenvalue weighted by atomic mass is 32.2. The van der Waals surface area contributed by atoms with Crippen LogP contribution >= 0.6 is 0 Å². The maximum Gasteiger partial charge on any atom is 0.279 e. The minimum atomic E-state index is -3.46. The third-order valence-electron chi connectivity index (χ3n) is 5.62. The molecule has 0 atom stereocenters. The van der Waals surface area contributed by atoms with Gasteiger partial charge in [0, 0.05) is 11.1 Å². The molecule has 1 fully saturated rings. The highest BCUT2D eigenvalue weighted by Gasteiger charge is 2.28. The fourth-order valence-corrected chi connectivity index (χ4v) is 4.99. The number of amides is 1. The molecule has 6 nitrogen and oxygen atoms in total. The van der Waals surface area contributed by atoms with Crippen molar-refractivity contribution >= 4 is 27.7 Å². The Morgan fingerprint density at radius 1 is 1.10 bits per heavy atom. The number of hydrogen-bond donors (Lipinski definition) is 2. The van der Waals surface area contributed by atoms with E-state index in [-0.39, 0.29) is 5.91 Å². The normalized spacial score (nSPS) is 16.1. The van der Waals surface area contributed by atoms with Crippen LogP contribution in [0.3, 0.4) is 0 Å². The molecule has 2 aromatic rings. The van der Waals surface area contributed by atoms with Crippen molar-refractivity contribution < 1.29 is 18.1 Å². The van der Waals surface area contributed by atoms with Crippen molar-refractivity contribution in [2.45, 2.75) is 26.7 Å². The van der Waals surface area contributed by atoms with Gasteiger partial charge in [0.1, 0.15) is 0 Å². The van der Waals surface area contributed by atoms with E-state index in [1.807, 2.05) is 55.5 Å². The number of nitrogens with zero attached hydrogens (tertiary/aromatic N) is 1. The summed E-state index contributed by atoms with van der Waals surface area (Å²) in [6, 6.07) is 15.4. The van der Waals surface area contributed by atoms with Crippen LogP contribution in [0, 0.1) is 6.92 Å². The average Bonchev–Trinajstić information content (AvgIpc) is 2.75. The van der Waals surface area contributed by atoms with E-state index in [9.17, 15) is 13.2 Å². The van der Waals surface area contributed by atoms with Crippen LogP contribution in [-0.2, 0) is 14.8 Å². The van der Waals surface area contributed by atoms with Gasteiger partial charge in [-0.05, 0) is 35.6 Å². The summed E-state index contributed by atoms with van der Waals surface area (Å²) in [5, 5.41) is 4.35. The fourth-order valence-electron chi connectivity index (χ4n) is 3.80. The molecule has 1 aliphatic rings. The van der Waals surface area contributed by atoms with Gasteiger partial charge in [0.05, 0.1) is 26.2 Å². The second-order valence-electron chi connectivity index (χ2n) is 8.33. The summed E-state index contributed by atoms with van der Waals surface area (Å²) in [5.41, 5.74) is 3.93. The van der Waals surface area contributed by atoms with E-state index in [4.69, 9.17) is 0 Å². The van der Waals surface area contributed by atoms with Crippen molar-refractivity contribution in [1.82, 2.24) is 4.31 Å². The number of nitrogens with one attached hydrogen (secondary N) is 2. The van der Waals surface area contributed by atoms with E-state index in [0.29, 0.717) is 38.6 Å². The first-order valence-corrected chi connectivity index (χ1v) is 12.2. The number of anilines is 1. The topological polar surface area (TPSA) is 70.9 Å². The van der Waals surface area contributed by atoms with Gasteiger partial charge in [0.2, 0.25) is 10.0 Å². The van der Waals surface area contributed by atoms with Gasteiger partial charge in [-0.25, -0.2) is 8.42 Å². The van der Waals surface area contributed by atoms with E-state index in [2.05, 4.69) is 19.2 Å². The van der Waals surface area contributed by atoms with Crippen LogP contribution in [0.5, 0.6) is 0 Å². The summed E-state index contributed by atoms with van der Waals surface area (Å²) in [5.74, 6) is 0.284. The lowest BCUT2D eigenvalue weighted by atomic mass is 9.98. The molecule has 0 aliphatic carbocycles. The van der Waals surface area contributed by atoms with Crippen LogP contribution < -0.4 is 10.2 Å². The highest BCUT2D eigenvalue weighted by Crippen LogP contribution is 2.27. The van der Waals surface area contributed by atoms with Gasteiger partial charge in [-0.2, -0.15) is 4.31 Å². The second kappa shape index (κ2) is 10.2. The number of carbonyl (C=O) groups is 1. The van der Waals surface area contributed by atoms with Crippen LogP contribution in [0.25, 0.3) is 6.08 Å². The van der Waals surface area contributed by atoms with Crippen LogP contribution in [0.1, 0.15) is 36.5 Å². The number of sulfonamides is 1. The van der Waals surface area contributed by atoms with Crippen molar-refractivity contribution in [3.8, 4) is 0 Å². The molecule has 0 aromatic heterocycles. The Balaban J connectivity index is 1.54. The average molecular weight is 443 g/mol. The molecule has 2 N–H and O–H groups in total. The van der Waals surface area contributed by atoms with Gasteiger partial charge in [-0.3, -0.25) is 4.79 Å². The van der Waals surface area contributed by atoms with E-state index in [1.54, 1.807) is 6.08 Å². The highest BCUT2D eigenvalue weighted by molar-refractivity contribution is 7.92. The van der Waals surface area contributed by atoms with Gasteiger partial charge >= 0.3 is 0 Å². The van der Waals surface area contributed by atoms with E-state index in [1.165, 1.54) is 9.71 Å². The van der Waals surface area contributed by atoms with Crippen molar-refractivity contribution in [2.75, 3.05) is 38.0 Å². The number of hydrogen-bond acceptors (Lipinski definition) is 3. The van der Waals surface area contributed by atoms with Gasteiger partial charge in [-0.1, -0.05) is 62.4 Å². The lowest BCUT2D eigenvalue weighted by molar-refractivity contribution is -0.895. The molecule has 7 heteroatoms. The molecule has 166 valence electrons. The molecule has 1 amide bonds. The number of piperazine rings is 1. The molecule has 1 saturated heterocycles. The van der Waals surface area contributed by atoms with Gasteiger partial charge < -0.3 is 10.2 Å². The van der Waals surface area contributed by atoms with Crippen LogP contribution in [0.2, 0.25) is 0 Å². The molecule has 0 unspecified atom stereocenters. The molecule has 3 rings (SSSR count). The molecule has 1 heterocycles. The van der Waals surface area contributed by atoms with Crippen molar-refractivity contribution in [2.24, 2.45) is 0 Å². The predicted octanol–water partition coefficient (Wildman–Crippen LogP) is 2.26. The van der Waals surface area contributed by atoms with E-state index < -0.39 is 10.0 Å². The molecule has 1 aliphatic heterocycles. The third-order valence-corrected chi connectivity index (χ3v) is 7.19. The van der Waals surface area contributed by atoms with Gasteiger partial charge in [-0.15, -0.1) is 0 Å². The predicted molar refractivity (Wildman–Crippen MR) is 125 cm³/mol. The number of rotatable bonds is 7. The Labute approximate surface area is 185 Å². The summed E-state index contributed by atoms with van der Waals surface area (Å²) < 4.78 is 26.7. The minimum absolute atomic E-state index is 0.0357. The van der Waals surface area contributed by atoms with Crippen molar-refractivity contribution in [1.29, 1.82) is 0 Å². The van der Waals surface area contributed by atoms with Crippen molar-refractivity contribution in [3.05, 3.63) is 70.6 Å². The maximum atomic E-state index is 12.7. The summed E-state index contributed by atoms with van der Waals surface area (Å²) in [4.78, 5) is 13.8. The number of benzene rings is 2. The first-order valence-electron chi connectivity index (χ1n) is 10.7. The zero-order valence-electron chi connectivity index (χ0n) is 18.5. The fraction of sp³-hybridized carbons (Fsp3) is 0.375. The van der Waals surface area contributed by atoms with Gasteiger partial charge in [0.25, 0.3) is 5.91 Å². The maximum absolute atomic E-state index is 12.7. The molecule has 31 heavy (non-hydrogen) atoms.